The maximum Gasteiger partial charge on any atom is 0.308 e. The molecule has 4 heteroatoms. The van der Waals surface area contributed by atoms with Crippen LogP contribution >= 0.6 is 0 Å². The lowest BCUT2D eigenvalue weighted by Gasteiger charge is -2.19. The van der Waals surface area contributed by atoms with Crippen molar-refractivity contribution in [1.29, 1.82) is 0 Å². The molecule has 4 nitrogen and oxygen atoms in total. The molecule has 0 spiro atoms. The van der Waals surface area contributed by atoms with E-state index in [1.54, 1.807) is 13.8 Å². The number of carbonyl (C=O) groups is 2. The molecule has 3 atom stereocenters. The number of amides is 1. The smallest absolute Gasteiger partial charge is 0.308 e. The molecule has 17 heavy (non-hydrogen) atoms. The summed E-state index contributed by atoms with van der Waals surface area (Å²) in [5.74, 6) is -0.582. The van der Waals surface area contributed by atoms with Crippen molar-refractivity contribution in [3.63, 3.8) is 0 Å². The van der Waals surface area contributed by atoms with Crippen molar-refractivity contribution < 1.29 is 14.7 Å². The summed E-state index contributed by atoms with van der Waals surface area (Å²) >= 11 is 0. The molecule has 0 aliphatic heterocycles. The molecule has 3 unspecified atom stereocenters. The van der Waals surface area contributed by atoms with Crippen LogP contribution in [0.25, 0.3) is 0 Å². The van der Waals surface area contributed by atoms with Crippen molar-refractivity contribution in [2.24, 2.45) is 17.8 Å². The van der Waals surface area contributed by atoms with Crippen molar-refractivity contribution in [2.45, 2.75) is 53.5 Å². The Bertz CT molecular complexity index is 263. The van der Waals surface area contributed by atoms with E-state index in [9.17, 15) is 9.59 Å². The number of carbonyl (C=O) groups excluding carboxylic acids is 1. The van der Waals surface area contributed by atoms with Crippen LogP contribution in [0.2, 0.25) is 0 Å². The quantitative estimate of drug-likeness (QED) is 0.721. The topological polar surface area (TPSA) is 66.4 Å². The summed E-state index contributed by atoms with van der Waals surface area (Å²) in [5, 5.41) is 11.6. The van der Waals surface area contributed by atoms with Crippen LogP contribution in [0.5, 0.6) is 0 Å². The summed E-state index contributed by atoms with van der Waals surface area (Å²) < 4.78 is 0. The summed E-state index contributed by atoms with van der Waals surface area (Å²) in [4.78, 5) is 22.4. The zero-order valence-electron chi connectivity index (χ0n) is 11.5. The molecular weight excluding hydrogens is 218 g/mol. The van der Waals surface area contributed by atoms with Gasteiger partial charge in [-0.2, -0.15) is 0 Å². The molecule has 100 valence electrons. The van der Waals surface area contributed by atoms with Gasteiger partial charge in [-0.1, -0.05) is 20.8 Å². The Kier molecular flexibility index (Phi) is 6.85. The minimum absolute atomic E-state index is 0.0567. The zero-order valence-corrected chi connectivity index (χ0v) is 11.5. The second-order valence-corrected chi connectivity index (χ2v) is 5.42. The highest BCUT2D eigenvalue weighted by atomic mass is 16.4. The SMILES string of the molecule is CC(C)CC(C)CC(=O)NC(C)C(C)C(=O)O. The standard InChI is InChI=1S/C13H25NO3/c1-8(2)6-9(3)7-12(15)14-11(5)10(4)13(16)17/h8-11H,6-7H2,1-5H3,(H,14,15)(H,16,17). The molecule has 0 rings (SSSR count). The summed E-state index contributed by atoms with van der Waals surface area (Å²) in [7, 11) is 0. The Labute approximate surface area is 104 Å². The molecule has 0 aliphatic rings. The molecule has 0 aliphatic carbocycles. The average Bonchev–Trinajstić information content (AvgIpc) is 2.13. The van der Waals surface area contributed by atoms with Gasteiger partial charge < -0.3 is 10.4 Å². The van der Waals surface area contributed by atoms with Gasteiger partial charge in [0.15, 0.2) is 0 Å². The predicted octanol–water partition coefficient (Wildman–Crippen LogP) is 2.28. The molecule has 0 aromatic heterocycles. The Morgan fingerprint density at radius 2 is 1.65 bits per heavy atom. The largest absolute Gasteiger partial charge is 0.481 e. The Morgan fingerprint density at radius 1 is 1.12 bits per heavy atom. The van der Waals surface area contributed by atoms with Crippen molar-refractivity contribution in [3.05, 3.63) is 0 Å². The van der Waals surface area contributed by atoms with Crippen LogP contribution in [0.1, 0.15) is 47.5 Å². The van der Waals surface area contributed by atoms with Crippen LogP contribution in [0.15, 0.2) is 0 Å². The van der Waals surface area contributed by atoms with E-state index in [2.05, 4.69) is 19.2 Å². The highest BCUT2D eigenvalue weighted by Gasteiger charge is 2.21. The Morgan fingerprint density at radius 3 is 2.06 bits per heavy atom. The fourth-order valence-electron chi connectivity index (χ4n) is 1.86. The minimum atomic E-state index is -0.881. The molecule has 0 aromatic carbocycles. The highest BCUT2D eigenvalue weighted by molar-refractivity contribution is 5.78. The Hall–Kier alpha value is -1.06. The molecule has 0 aromatic rings. The Balaban J connectivity index is 4.05. The monoisotopic (exact) mass is 243 g/mol. The van der Waals surface area contributed by atoms with Gasteiger partial charge in [0.1, 0.15) is 0 Å². The molecule has 0 heterocycles. The predicted molar refractivity (Wildman–Crippen MR) is 67.6 cm³/mol. The third kappa shape index (κ3) is 6.97. The third-order valence-corrected chi connectivity index (χ3v) is 2.94. The molecule has 0 saturated carbocycles. The van der Waals surface area contributed by atoms with E-state index in [0.29, 0.717) is 18.3 Å². The fraction of sp³-hybridized carbons (Fsp3) is 0.846. The lowest BCUT2D eigenvalue weighted by Crippen LogP contribution is -2.40. The number of aliphatic carboxylic acids is 1. The molecule has 1 amide bonds. The van der Waals surface area contributed by atoms with Gasteiger partial charge in [0, 0.05) is 12.5 Å². The van der Waals surface area contributed by atoms with E-state index in [1.165, 1.54) is 0 Å². The number of carboxylic acids is 1. The number of carboxylic acid groups (broad SMARTS) is 1. The van der Waals surface area contributed by atoms with Crippen LogP contribution in [-0.2, 0) is 9.59 Å². The number of hydrogen-bond donors (Lipinski definition) is 2. The summed E-state index contributed by atoms with van der Waals surface area (Å²) in [6, 6.07) is -0.328. The van der Waals surface area contributed by atoms with E-state index in [4.69, 9.17) is 5.11 Å². The highest BCUT2D eigenvalue weighted by Crippen LogP contribution is 2.14. The van der Waals surface area contributed by atoms with Crippen molar-refractivity contribution >= 4 is 11.9 Å². The molecular formula is C13H25NO3. The van der Waals surface area contributed by atoms with Crippen molar-refractivity contribution in [1.82, 2.24) is 5.32 Å². The lowest BCUT2D eigenvalue weighted by atomic mass is 9.95. The summed E-state index contributed by atoms with van der Waals surface area (Å²) in [6.07, 6.45) is 1.48. The van der Waals surface area contributed by atoms with Gasteiger partial charge in [-0.05, 0) is 32.1 Å². The van der Waals surface area contributed by atoms with Crippen molar-refractivity contribution in [2.75, 3.05) is 0 Å². The second kappa shape index (κ2) is 7.30. The first-order chi connectivity index (χ1) is 7.73. The van der Waals surface area contributed by atoms with E-state index < -0.39 is 11.9 Å². The van der Waals surface area contributed by atoms with E-state index in [0.717, 1.165) is 6.42 Å². The number of hydrogen-bond acceptors (Lipinski definition) is 2. The summed E-state index contributed by atoms with van der Waals surface area (Å²) in [6.45, 7) is 9.63. The van der Waals surface area contributed by atoms with Crippen LogP contribution in [0, 0.1) is 17.8 Å². The lowest BCUT2D eigenvalue weighted by molar-refractivity contribution is -0.142. The third-order valence-electron chi connectivity index (χ3n) is 2.94. The molecule has 0 fully saturated rings. The number of rotatable bonds is 7. The van der Waals surface area contributed by atoms with E-state index in [1.807, 2.05) is 6.92 Å². The molecule has 0 saturated heterocycles. The molecule has 0 radical (unpaired) electrons. The van der Waals surface area contributed by atoms with Crippen LogP contribution < -0.4 is 5.32 Å². The van der Waals surface area contributed by atoms with Crippen LogP contribution in [-0.4, -0.2) is 23.0 Å². The van der Waals surface area contributed by atoms with Gasteiger partial charge in [-0.3, -0.25) is 9.59 Å². The zero-order chi connectivity index (χ0) is 13.6. The van der Waals surface area contributed by atoms with Gasteiger partial charge in [-0.25, -0.2) is 0 Å². The maximum atomic E-state index is 11.7. The normalized spacial score (nSPS) is 16.4. The van der Waals surface area contributed by atoms with Crippen molar-refractivity contribution in [3.8, 4) is 0 Å². The number of nitrogens with one attached hydrogen (secondary N) is 1. The van der Waals surface area contributed by atoms with Gasteiger partial charge in [0.2, 0.25) is 5.91 Å². The second-order valence-electron chi connectivity index (χ2n) is 5.42. The molecule has 2 N–H and O–H groups in total. The average molecular weight is 243 g/mol. The van der Waals surface area contributed by atoms with Gasteiger partial charge in [0.05, 0.1) is 5.92 Å². The van der Waals surface area contributed by atoms with Crippen LogP contribution in [0.3, 0.4) is 0 Å². The summed E-state index contributed by atoms with van der Waals surface area (Å²) in [5.41, 5.74) is 0. The first kappa shape index (κ1) is 15.9. The first-order valence-electron chi connectivity index (χ1n) is 6.26. The van der Waals surface area contributed by atoms with Crippen LogP contribution in [0.4, 0.5) is 0 Å². The first-order valence-corrected chi connectivity index (χ1v) is 6.26. The van der Waals surface area contributed by atoms with Gasteiger partial charge >= 0.3 is 5.97 Å². The fourth-order valence-corrected chi connectivity index (χ4v) is 1.86. The van der Waals surface area contributed by atoms with Gasteiger partial charge in [-0.15, -0.1) is 0 Å². The van der Waals surface area contributed by atoms with E-state index >= 15 is 0 Å². The molecule has 0 bridgehead atoms. The minimum Gasteiger partial charge on any atom is -0.481 e. The van der Waals surface area contributed by atoms with E-state index in [-0.39, 0.29) is 11.9 Å². The van der Waals surface area contributed by atoms with Gasteiger partial charge in [0.25, 0.3) is 0 Å². The maximum absolute atomic E-state index is 11.7.